The van der Waals surface area contributed by atoms with E-state index in [2.05, 4.69) is 60.1 Å². The average Bonchev–Trinajstić information content (AvgIpc) is 2.84. The number of fused-ring (bicyclic) bond motifs is 1. The zero-order chi connectivity index (χ0) is 24.1. The molecule has 2 aromatic carbocycles. The summed E-state index contributed by atoms with van der Waals surface area (Å²) in [6.07, 6.45) is 1.34. The lowest BCUT2D eigenvalue weighted by atomic mass is 10.1. The third kappa shape index (κ3) is 5.93. The molecule has 1 atom stereocenters. The van der Waals surface area contributed by atoms with Crippen LogP contribution in [-0.4, -0.2) is 60.1 Å². The molecule has 1 unspecified atom stereocenters. The summed E-state index contributed by atoms with van der Waals surface area (Å²) in [6.45, 7) is 10.3. The third-order valence-electron chi connectivity index (χ3n) is 6.24. The largest absolute Gasteiger partial charge is 0.496 e. The molecule has 2 heterocycles. The van der Waals surface area contributed by atoms with Crippen LogP contribution in [0.1, 0.15) is 30.5 Å². The summed E-state index contributed by atoms with van der Waals surface area (Å²) in [4.78, 5) is 22.2. The molecular weight excluding hydrogens is 426 g/mol. The molecule has 34 heavy (non-hydrogen) atoms. The van der Waals surface area contributed by atoms with Crippen LogP contribution in [0.2, 0.25) is 0 Å². The Labute approximate surface area is 202 Å². The highest BCUT2D eigenvalue weighted by Gasteiger charge is 2.30. The van der Waals surface area contributed by atoms with E-state index in [4.69, 9.17) is 9.47 Å². The number of nitrogens with zero attached hydrogens (tertiary/aromatic N) is 3. The second-order valence-electron chi connectivity index (χ2n) is 9.54. The molecule has 4 rings (SSSR count). The van der Waals surface area contributed by atoms with Crippen molar-refractivity contribution in [1.29, 1.82) is 0 Å². The first-order valence-electron chi connectivity index (χ1n) is 12.0. The number of morpholine rings is 1. The molecule has 6 nitrogen and oxygen atoms in total. The van der Waals surface area contributed by atoms with E-state index in [9.17, 15) is 4.79 Å². The van der Waals surface area contributed by atoms with E-state index in [1.165, 1.54) is 5.56 Å². The number of pyridine rings is 1. The smallest absolute Gasteiger partial charge is 0.253 e. The van der Waals surface area contributed by atoms with Crippen molar-refractivity contribution in [2.75, 3.05) is 33.4 Å². The number of hydrogen-bond donors (Lipinski definition) is 0. The summed E-state index contributed by atoms with van der Waals surface area (Å²) < 4.78 is 11.5. The van der Waals surface area contributed by atoms with Gasteiger partial charge >= 0.3 is 0 Å². The Morgan fingerprint density at radius 3 is 2.82 bits per heavy atom. The highest BCUT2D eigenvalue weighted by atomic mass is 16.5. The fraction of sp³-hybridized carbons (Fsp3) is 0.429. The SMILES string of the molecule is COc1cc(CN2CCOC(C(=O)N(Cc3ccc4ncccc4c3)CC(C)C)C2)ccc1C. The number of amides is 1. The van der Waals surface area contributed by atoms with E-state index in [0.29, 0.717) is 32.2 Å². The van der Waals surface area contributed by atoms with Gasteiger partial charge in [-0.15, -0.1) is 0 Å². The van der Waals surface area contributed by atoms with Gasteiger partial charge in [-0.1, -0.05) is 38.1 Å². The molecule has 0 radical (unpaired) electrons. The van der Waals surface area contributed by atoms with E-state index < -0.39 is 6.10 Å². The maximum atomic E-state index is 13.6. The summed E-state index contributed by atoms with van der Waals surface area (Å²) in [7, 11) is 1.70. The highest BCUT2D eigenvalue weighted by Crippen LogP contribution is 2.22. The van der Waals surface area contributed by atoms with Gasteiger partial charge in [0, 0.05) is 44.3 Å². The zero-order valence-corrected chi connectivity index (χ0v) is 20.7. The summed E-state index contributed by atoms with van der Waals surface area (Å²) >= 11 is 0. The lowest BCUT2D eigenvalue weighted by Gasteiger charge is -2.35. The van der Waals surface area contributed by atoms with Crippen molar-refractivity contribution in [3.63, 3.8) is 0 Å². The van der Waals surface area contributed by atoms with Crippen molar-refractivity contribution in [1.82, 2.24) is 14.8 Å². The Morgan fingerprint density at radius 1 is 1.21 bits per heavy atom. The van der Waals surface area contributed by atoms with Crippen LogP contribution >= 0.6 is 0 Å². The summed E-state index contributed by atoms with van der Waals surface area (Å²) in [5.74, 6) is 1.32. The fourth-order valence-electron chi connectivity index (χ4n) is 4.54. The minimum Gasteiger partial charge on any atom is -0.496 e. The van der Waals surface area contributed by atoms with E-state index in [0.717, 1.165) is 40.9 Å². The second kappa shape index (κ2) is 11.0. The van der Waals surface area contributed by atoms with Crippen LogP contribution in [0.15, 0.2) is 54.7 Å². The molecule has 0 saturated carbocycles. The predicted molar refractivity (Wildman–Crippen MR) is 135 cm³/mol. The van der Waals surface area contributed by atoms with Crippen LogP contribution in [0, 0.1) is 12.8 Å². The van der Waals surface area contributed by atoms with E-state index in [-0.39, 0.29) is 5.91 Å². The van der Waals surface area contributed by atoms with E-state index >= 15 is 0 Å². The van der Waals surface area contributed by atoms with Crippen LogP contribution in [0.4, 0.5) is 0 Å². The van der Waals surface area contributed by atoms with E-state index in [1.807, 2.05) is 24.0 Å². The van der Waals surface area contributed by atoms with Crippen LogP contribution in [0.3, 0.4) is 0 Å². The van der Waals surface area contributed by atoms with Gasteiger partial charge in [-0.25, -0.2) is 0 Å². The minimum atomic E-state index is -0.457. The number of hydrogen-bond acceptors (Lipinski definition) is 5. The number of ether oxygens (including phenoxy) is 2. The lowest BCUT2D eigenvalue weighted by molar-refractivity contribution is -0.151. The molecule has 1 amide bonds. The zero-order valence-electron chi connectivity index (χ0n) is 20.7. The fourth-order valence-corrected chi connectivity index (χ4v) is 4.54. The van der Waals surface area contributed by atoms with Gasteiger partial charge in [0.25, 0.3) is 5.91 Å². The van der Waals surface area contributed by atoms with Crippen LogP contribution in [0.25, 0.3) is 10.9 Å². The normalized spacial score (nSPS) is 16.7. The first-order chi connectivity index (χ1) is 16.4. The molecule has 1 saturated heterocycles. The van der Waals surface area contributed by atoms with Gasteiger partial charge < -0.3 is 14.4 Å². The molecular formula is C28H35N3O3. The van der Waals surface area contributed by atoms with Crippen molar-refractivity contribution in [2.45, 2.75) is 40.0 Å². The van der Waals surface area contributed by atoms with Crippen molar-refractivity contribution < 1.29 is 14.3 Å². The molecule has 0 N–H and O–H groups in total. The molecule has 0 spiro atoms. The Bertz CT molecular complexity index is 1130. The molecule has 6 heteroatoms. The van der Waals surface area contributed by atoms with Gasteiger partial charge in [0.05, 0.1) is 19.2 Å². The Kier molecular flexibility index (Phi) is 7.80. The Morgan fingerprint density at radius 2 is 2.03 bits per heavy atom. The van der Waals surface area contributed by atoms with Crippen LogP contribution < -0.4 is 4.74 Å². The molecule has 1 aromatic heterocycles. The van der Waals surface area contributed by atoms with Crippen molar-refractivity contribution in [3.05, 3.63) is 71.4 Å². The monoisotopic (exact) mass is 461 g/mol. The van der Waals surface area contributed by atoms with Crippen molar-refractivity contribution in [3.8, 4) is 5.75 Å². The molecule has 0 aliphatic carbocycles. The molecule has 1 aliphatic rings. The van der Waals surface area contributed by atoms with Gasteiger partial charge in [0.1, 0.15) is 11.9 Å². The first kappa shape index (κ1) is 24.2. The van der Waals surface area contributed by atoms with Gasteiger partial charge in [-0.3, -0.25) is 14.7 Å². The van der Waals surface area contributed by atoms with Crippen LogP contribution in [0.5, 0.6) is 5.75 Å². The van der Waals surface area contributed by atoms with Crippen LogP contribution in [-0.2, 0) is 22.6 Å². The topological polar surface area (TPSA) is 54.9 Å². The number of rotatable bonds is 8. The summed E-state index contributed by atoms with van der Waals surface area (Å²) in [5, 5.41) is 1.09. The molecule has 1 fully saturated rings. The maximum absolute atomic E-state index is 13.6. The molecule has 3 aromatic rings. The number of methoxy groups -OCH3 is 1. The molecule has 1 aliphatic heterocycles. The highest BCUT2D eigenvalue weighted by molar-refractivity contribution is 5.82. The molecule has 0 bridgehead atoms. The van der Waals surface area contributed by atoms with Crippen molar-refractivity contribution >= 4 is 16.8 Å². The Balaban J connectivity index is 1.46. The van der Waals surface area contributed by atoms with Gasteiger partial charge in [0.2, 0.25) is 0 Å². The average molecular weight is 462 g/mol. The van der Waals surface area contributed by atoms with Crippen molar-refractivity contribution in [2.24, 2.45) is 5.92 Å². The quantitative estimate of drug-likeness (QED) is 0.497. The first-order valence-corrected chi connectivity index (χ1v) is 12.0. The maximum Gasteiger partial charge on any atom is 0.253 e. The number of aromatic nitrogens is 1. The van der Waals surface area contributed by atoms with Gasteiger partial charge in [-0.05, 0) is 53.8 Å². The number of carbonyl (C=O) groups is 1. The van der Waals surface area contributed by atoms with Gasteiger partial charge in [-0.2, -0.15) is 0 Å². The summed E-state index contributed by atoms with van der Waals surface area (Å²) in [6, 6.07) is 16.5. The molecule has 180 valence electrons. The van der Waals surface area contributed by atoms with E-state index in [1.54, 1.807) is 13.3 Å². The third-order valence-corrected chi connectivity index (χ3v) is 6.24. The second-order valence-corrected chi connectivity index (χ2v) is 9.54. The summed E-state index contributed by atoms with van der Waals surface area (Å²) in [5.41, 5.74) is 4.37. The Hall–Kier alpha value is -2.96. The predicted octanol–water partition coefficient (Wildman–Crippen LogP) is 4.44. The minimum absolute atomic E-state index is 0.0613. The van der Waals surface area contributed by atoms with Gasteiger partial charge in [0.15, 0.2) is 0 Å². The lowest BCUT2D eigenvalue weighted by Crippen LogP contribution is -2.51. The number of benzene rings is 2. The standard InChI is InChI=1S/C28H35N3O3/c1-20(2)16-31(18-22-9-10-25-24(14-22)6-5-11-29-25)28(32)27-19-30(12-13-34-27)17-23-8-7-21(3)26(15-23)33-4/h5-11,14-15,20,27H,12-13,16-19H2,1-4H3. The number of aryl methyl sites for hydroxylation is 1. The number of carbonyl (C=O) groups excluding carboxylic acids is 1.